The fourth-order valence-corrected chi connectivity index (χ4v) is 2.01. The molecule has 0 radical (unpaired) electrons. The van der Waals surface area contributed by atoms with E-state index in [2.05, 4.69) is 0 Å². The number of hydrogen-bond donors (Lipinski definition) is 1. The number of amides is 2. The number of aliphatic hydroxyl groups is 1. The molecule has 0 bridgehead atoms. The van der Waals surface area contributed by atoms with E-state index >= 15 is 0 Å². The van der Waals surface area contributed by atoms with E-state index in [9.17, 15) is 14.4 Å². The summed E-state index contributed by atoms with van der Waals surface area (Å²) in [4.78, 5) is 38.8. The molecule has 1 aliphatic rings. The summed E-state index contributed by atoms with van der Waals surface area (Å²) in [6.45, 7) is 3.69. The van der Waals surface area contributed by atoms with E-state index in [0.717, 1.165) is 0 Å². The van der Waals surface area contributed by atoms with Gasteiger partial charge in [0.05, 0.1) is 79.1 Å². The topological polar surface area (TPSA) is 130 Å². The summed E-state index contributed by atoms with van der Waals surface area (Å²) in [7, 11) is 0. The second kappa shape index (κ2) is 16.3. The Morgan fingerprint density at radius 3 is 1.54 bits per heavy atom. The van der Waals surface area contributed by atoms with Crippen LogP contribution in [0.25, 0.3) is 0 Å². The van der Waals surface area contributed by atoms with Gasteiger partial charge in [0, 0.05) is 12.8 Å². The summed E-state index contributed by atoms with van der Waals surface area (Å²) in [6.07, 6.45) is 0.0688. The highest BCUT2D eigenvalue weighted by Crippen LogP contribution is 2.12. The van der Waals surface area contributed by atoms with E-state index in [1.165, 1.54) is 0 Å². The molecule has 0 spiro atoms. The molecule has 0 aromatic rings. The molecule has 1 N–H and O–H groups in total. The van der Waals surface area contributed by atoms with Gasteiger partial charge in [-0.05, 0) is 0 Å². The van der Waals surface area contributed by atoms with Gasteiger partial charge in [0.2, 0.25) is 0 Å². The van der Waals surface area contributed by atoms with Gasteiger partial charge < -0.3 is 33.6 Å². The van der Waals surface area contributed by atoms with Crippen molar-refractivity contribution in [1.82, 2.24) is 5.06 Å². The molecule has 1 rings (SSSR count). The number of ether oxygens (including phenoxy) is 5. The zero-order chi connectivity index (χ0) is 20.5. The molecule has 0 aromatic heterocycles. The number of rotatable bonds is 18. The van der Waals surface area contributed by atoms with Gasteiger partial charge in [-0.2, -0.15) is 0 Å². The lowest BCUT2D eigenvalue weighted by atomic mass is 10.4. The number of carbonyl (C=O) groups excluding carboxylic acids is 3. The third kappa shape index (κ3) is 12.0. The van der Waals surface area contributed by atoms with Crippen molar-refractivity contribution in [3.8, 4) is 0 Å². The first kappa shape index (κ1) is 24.4. The van der Waals surface area contributed by atoms with Crippen molar-refractivity contribution in [2.75, 3.05) is 72.7 Å². The first-order valence-corrected chi connectivity index (χ1v) is 9.21. The summed E-state index contributed by atoms with van der Waals surface area (Å²) in [6, 6.07) is 0. The van der Waals surface area contributed by atoms with Crippen molar-refractivity contribution >= 4 is 17.8 Å². The van der Waals surface area contributed by atoms with Crippen LogP contribution >= 0.6 is 0 Å². The van der Waals surface area contributed by atoms with Gasteiger partial charge in [0.25, 0.3) is 11.8 Å². The zero-order valence-electron chi connectivity index (χ0n) is 16.0. The average molecular weight is 407 g/mol. The minimum absolute atomic E-state index is 0.00373. The van der Waals surface area contributed by atoms with Crippen LogP contribution in [0.1, 0.15) is 19.3 Å². The Kier molecular flexibility index (Phi) is 14.2. The Bertz CT molecular complexity index is 443. The summed E-state index contributed by atoms with van der Waals surface area (Å²) in [5.41, 5.74) is 0. The normalized spacial score (nSPS) is 14.1. The Labute approximate surface area is 163 Å². The molecule has 0 saturated carbocycles. The van der Waals surface area contributed by atoms with Crippen LogP contribution < -0.4 is 0 Å². The highest BCUT2D eigenvalue weighted by Gasteiger charge is 2.32. The van der Waals surface area contributed by atoms with E-state index < -0.39 is 17.8 Å². The Morgan fingerprint density at radius 1 is 0.714 bits per heavy atom. The van der Waals surface area contributed by atoms with Crippen LogP contribution in [0.2, 0.25) is 0 Å². The third-order valence-corrected chi connectivity index (χ3v) is 3.37. The molecule has 28 heavy (non-hydrogen) atoms. The predicted molar refractivity (Wildman–Crippen MR) is 93.0 cm³/mol. The summed E-state index contributed by atoms with van der Waals surface area (Å²) in [5.74, 6) is -1.71. The molecule has 0 atom stereocenters. The maximum absolute atomic E-state index is 11.5. The maximum atomic E-state index is 11.5. The number of aliphatic hydroxyl groups excluding tert-OH is 1. The minimum Gasteiger partial charge on any atom is -0.394 e. The van der Waals surface area contributed by atoms with Crippen molar-refractivity contribution < 1.29 is 48.0 Å². The molecule has 0 aliphatic carbocycles. The SMILES string of the molecule is O=C(CCOCCOCCOCCOCCOCCO)ON1C(=O)CCC1=O. The number of carbonyl (C=O) groups is 3. The number of hydrogen-bond acceptors (Lipinski definition) is 10. The van der Waals surface area contributed by atoms with Crippen LogP contribution in [0.4, 0.5) is 0 Å². The highest BCUT2D eigenvalue weighted by molar-refractivity contribution is 6.01. The third-order valence-electron chi connectivity index (χ3n) is 3.37. The zero-order valence-corrected chi connectivity index (χ0v) is 16.0. The molecule has 11 heteroatoms. The molecule has 11 nitrogen and oxygen atoms in total. The molecule has 0 unspecified atom stereocenters. The fraction of sp³-hybridized carbons (Fsp3) is 0.824. The van der Waals surface area contributed by atoms with Crippen LogP contribution in [0.15, 0.2) is 0 Å². The largest absolute Gasteiger partial charge is 0.394 e. The molecule has 0 aromatic carbocycles. The van der Waals surface area contributed by atoms with Crippen LogP contribution in [0.5, 0.6) is 0 Å². The van der Waals surface area contributed by atoms with Gasteiger partial charge in [-0.25, -0.2) is 4.79 Å². The molecule has 162 valence electrons. The van der Waals surface area contributed by atoms with Crippen molar-refractivity contribution in [3.63, 3.8) is 0 Å². The van der Waals surface area contributed by atoms with Crippen LogP contribution in [-0.2, 0) is 42.9 Å². The van der Waals surface area contributed by atoms with Crippen LogP contribution in [0, 0.1) is 0 Å². The quantitative estimate of drug-likeness (QED) is 0.224. The lowest BCUT2D eigenvalue weighted by molar-refractivity contribution is -0.198. The Morgan fingerprint density at radius 2 is 1.11 bits per heavy atom. The number of imide groups is 1. The maximum Gasteiger partial charge on any atom is 0.335 e. The Balaban J connectivity index is 1.79. The smallest absolute Gasteiger partial charge is 0.335 e. The van der Waals surface area contributed by atoms with Crippen molar-refractivity contribution in [3.05, 3.63) is 0 Å². The standard InChI is InChI=1S/C17H29NO10/c19-4-6-24-8-10-26-12-14-27-13-11-25-9-7-23-5-3-17(22)28-18-15(20)1-2-16(18)21/h19H,1-14H2. The van der Waals surface area contributed by atoms with Crippen molar-refractivity contribution in [2.45, 2.75) is 19.3 Å². The van der Waals surface area contributed by atoms with E-state index in [-0.39, 0.29) is 32.5 Å². The van der Waals surface area contributed by atoms with Crippen LogP contribution in [0.3, 0.4) is 0 Å². The Hall–Kier alpha value is -1.63. The van der Waals surface area contributed by atoms with Gasteiger partial charge >= 0.3 is 5.97 Å². The molecule has 1 heterocycles. The molecule has 2 amide bonds. The van der Waals surface area contributed by atoms with E-state index in [1.54, 1.807) is 0 Å². The van der Waals surface area contributed by atoms with E-state index in [1.807, 2.05) is 0 Å². The number of hydroxylamine groups is 2. The van der Waals surface area contributed by atoms with Gasteiger partial charge in [0.15, 0.2) is 0 Å². The highest BCUT2D eigenvalue weighted by atomic mass is 16.7. The van der Waals surface area contributed by atoms with Crippen molar-refractivity contribution in [2.24, 2.45) is 0 Å². The molecule has 1 fully saturated rings. The fourth-order valence-electron chi connectivity index (χ4n) is 2.01. The van der Waals surface area contributed by atoms with Gasteiger partial charge in [0.1, 0.15) is 0 Å². The average Bonchev–Trinajstić information content (AvgIpc) is 2.99. The van der Waals surface area contributed by atoms with E-state index in [0.29, 0.717) is 64.5 Å². The van der Waals surface area contributed by atoms with Crippen molar-refractivity contribution in [1.29, 1.82) is 0 Å². The van der Waals surface area contributed by atoms with E-state index in [4.69, 9.17) is 33.6 Å². The van der Waals surface area contributed by atoms with Gasteiger partial charge in [-0.15, -0.1) is 5.06 Å². The summed E-state index contributed by atoms with van der Waals surface area (Å²) >= 11 is 0. The first-order chi connectivity index (χ1) is 13.6. The van der Waals surface area contributed by atoms with Gasteiger partial charge in [-0.3, -0.25) is 9.59 Å². The molecule has 1 aliphatic heterocycles. The second-order valence-electron chi connectivity index (χ2n) is 5.58. The molecule has 1 saturated heterocycles. The molecular weight excluding hydrogens is 378 g/mol. The van der Waals surface area contributed by atoms with Gasteiger partial charge in [-0.1, -0.05) is 0 Å². The lowest BCUT2D eigenvalue weighted by Gasteiger charge is -2.12. The summed E-state index contributed by atoms with van der Waals surface area (Å²) in [5, 5.41) is 9.02. The minimum atomic E-state index is -0.694. The van der Waals surface area contributed by atoms with Crippen LogP contribution in [-0.4, -0.2) is 101 Å². The lowest BCUT2D eigenvalue weighted by Crippen LogP contribution is -2.32. The predicted octanol–water partition coefficient (Wildman–Crippen LogP) is -0.941. The monoisotopic (exact) mass is 407 g/mol. The summed E-state index contributed by atoms with van der Waals surface area (Å²) < 4.78 is 26.1. The number of nitrogens with zero attached hydrogens (tertiary/aromatic N) is 1. The second-order valence-corrected chi connectivity index (χ2v) is 5.58. The first-order valence-electron chi connectivity index (χ1n) is 9.21. The molecular formula is C17H29NO10.